The highest BCUT2D eigenvalue weighted by Gasteiger charge is 2.14. The molecule has 29 heavy (non-hydrogen) atoms. The van der Waals surface area contributed by atoms with Crippen LogP contribution in [-0.4, -0.2) is 13.1 Å². The minimum absolute atomic E-state index is 0.601. The Morgan fingerprint density at radius 2 is 1.62 bits per heavy atom. The summed E-state index contributed by atoms with van der Waals surface area (Å²) in [6, 6.07) is 22.7. The summed E-state index contributed by atoms with van der Waals surface area (Å²) < 4.78 is 5.88. The summed E-state index contributed by atoms with van der Waals surface area (Å²) in [6.45, 7) is 4.16. The van der Waals surface area contributed by atoms with Gasteiger partial charge in [-0.2, -0.15) is 5.26 Å². The molecule has 0 spiro atoms. The van der Waals surface area contributed by atoms with E-state index in [4.69, 9.17) is 15.4 Å². The van der Waals surface area contributed by atoms with E-state index in [-0.39, 0.29) is 0 Å². The van der Waals surface area contributed by atoms with Gasteiger partial charge in [-0.15, -0.1) is 0 Å². The van der Waals surface area contributed by atoms with Gasteiger partial charge >= 0.3 is 0 Å². The molecule has 4 aromatic rings. The lowest BCUT2D eigenvalue weighted by molar-refractivity contribution is 0.603. The van der Waals surface area contributed by atoms with E-state index in [0.29, 0.717) is 18.7 Å². The predicted molar refractivity (Wildman–Crippen MR) is 117 cm³/mol. The molecule has 0 amide bonds. The molecule has 0 bridgehead atoms. The van der Waals surface area contributed by atoms with E-state index in [1.54, 1.807) is 0 Å². The second kappa shape index (κ2) is 8.32. The summed E-state index contributed by atoms with van der Waals surface area (Å²) >= 11 is 0. The van der Waals surface area contributed by atoms with Crippen LogP contribution < -0.4 is 11.1 Å². The van der Waals surface area contributed by atoms with Crippen molar-refractivity contribution >= 4 is 11.0 Å². The fourth-order valence-corrected chi connectivity index (χ4v) is 3.52. The van der Waals surface area contributed by atoms with Crippen molar-refractivity contribution in [2.24, 2.45) is 5.73 Å². The molecule has 3 N–H and O–H groups in total. The summed E-state index contributed by atoms with van der Waals surface area (Å²) in [5.74, 6) is 0. The normalized spacial score (nSPS) is 10.9. The minimum atomic E-state index is 0.601. The standard InChI is InChI=1S/C25H23N3O/c1-17-2-6-19(7-3-17)23-13-25-24(21(16-29-25)15-28-11-10-26)12-22(23)20-8-4-18(14-27)5-9-20/h2-9,12-13,16,28H,10-11,15,26H2,1H3. The Morgan fingerprint density at radius 3 is 2.28 bits per heavy atom. The Labute approximate surface area is 170 Å². The zero-order valence-corrected chi connectivity index (χ0v) is 16.4. The van der Waals surface area contributed by atoms with Crippen LogP contribution in [0.2, 0.25) is 0 Å². The third kappa shape index (κ3) is 3.93. The predicted octanol–water partition coefficient (Wildman–Crippen LogP) is 5.00. The van der Waals surface area contributed by atoms with Crippen LogP contribution in [0.3, 0.4) is 0 Å². The van der Waals surface area contributed by atoms with Gasteiger partial charge in [0.2, 0.25) is 0 Å². The first-order valence-corrected chi connectivity index (χ1v) is 9.72. The van der Waals surface area contributed by atoms with Gasteiger partial charge in [-0.1, -0.05) is 42.0 Å². The lowest BCUT2D eigenvalue weighted by Crippen LogP contribution is -2.21. The van der Waals surface area contributed by atoms with Crippen LogP contribution in [0.5, 0.6) is 0 Å². The van der Waals surface area contributed by atoms with Gasteiger partial charge < -0.3 is 15.5 Å². The van der Waals surface area contributed by atoms with Crippen LogP contribution in [0.25, 0.3) is 33.2 Å². The Kier molecular flexibility index (Phi) is 5.44. The van der Waals surface area contributed by atoms with Gasteiger partial charge in [0, 0.05) is 30.6 Å². The number of nitrogens with two attached hydrogens (primary N) is 1. The molecular weight excluding hydrogens is 358 g/mol. The molecule has 0 aliphatic heterocycles. The molecule has 0 radical (unpaired) electrons. The summed E-state index contributed by atoms with van der Waals surface area (Å²) in [4.78, 5) is 0. The number of nitrogens with one attached hydrogen (secondary N) is 1. The van der Waals surface area contributed by atoms with Crippen molar-refractivity contribution in [1.29, 1.82) is 5.26 Å². The largest absolute Gasteiger partial charge is 0.464 e. The van der Waals surface area contributed by atoms with Gasteiger partial charge in [-0.05, 0) is 53.4 Å². The number of hydrogen-bond acceptors (Lipinski definition) is 4. The highest BCUT2D eigenvalue weighted by atomic mass is 16.3. The second-order valence-corrected chi connectivity index (χ2v) is 7.18. The van der Waals surface area contributed by atoms with E-state index in [0.717, 1.165) is 45.3 Å². The number of nitriles is 1. The second-order valence-electron chi connectivity index (χ2n) is 7.18. The number of nitrogens with zero attached hydrogens (tertiary/aromatic N) is 1. The summed E-state index contributed by atoms with van der Waals surface area (Å²) in [5, 5.41) is 13.6. The van der Waals surface area contributed by atoms with Crippen LogP contribution in [-0.2, 0) is 6.54 Å². The first kappa shape index (κ1) is 18.9. The molecule has 1 aromatic heterocycles. The quantitative estimate of drug-likeness (QED) is 0.461. The van der Waals surface area contributed by atoms with E-state index in [9.17, 15) is 0 Å². The molecule has 0 unspecified atom stereocenters. The molecule has 144 valence electrons. The number of benzene rings is 3. The van der Waals surface area contributed by atoms with Crippen molar-refractivity contribution in [3.8, 4) is 28.3 Å². The fourth-order valence-electron chi connectivity index (χ4n) is 3.52. The maximum Gasteiger partial charge on any atom is 0.134 e. The fraction of sp³-hybridized carbons (Fsp3) is 0.160. The Bertz CT molecular complexity index is 1170. The SMILES string of the molecule is Cc1ccc(-c2cc3occ(CNCCN)c3cc2-c2ccc(C#N)cc2)cc1. The van der Waals surface area contributed by atoms with Crippen LogP contribution in [0.4, 0.5) is 0 Å². The molecule has 4 heteroatoms. The van der Waals surface area contributed by atoms with Gasteiger partial charge in [0.25, 0.3) is 0 Å². The van der Waals surface area contributed by atoms with Gasteiger partial charge in [-0.25, -0.2) is 0 Å². The molecule has 1 heterocycles. The molecular formula is C25H23N3O. The molecule has 0 aliphatic rings. The van der Waals surface area contributed by atoms with E-state index in [2.05, 4.69) is 54.7 Å². The monoisotopic (exact) mass is 381 g/mol. The van der Waals surface area contributed by atoms with Gasteiger partial charge in [0.05, 0.1) is 17.9 Å². The van der Waals surface area contributed by atoms with E-state index >= 15 is 0 Å². The molecule has 0 saturated heterocycles. The molecule has 3 aromatic carbocycles. The average Bonchev–Trinajstić information content (AvgIpc) is 3.16. The lowest BCUT2D eigenvalue weighted by Gasteiger charge is -2.12. The van der Waals surface area contributed by atoms with Gasteiger partial charge in [0.1, 0.15) is 5.58 Å². The number of furan rings is 1. The van der Waals surface area contributed by atoms with Crippen LogP contribution in [0, 0.1) is 18.3 Å². The molecule has 4 rings (SSSR count). The van der Waals surface area contributed by atoms with Crippen molar-refractivity contribution in [2.45, 2.75) is 13.5 Å². The molecule has 0 atom stereocenters. The van der Waals surface area contributed by atoms with Crippen molar-refractivity contribution in [3.05, 3.63) is 83.6 Å². The Hall–Kier alpha value is -3.39. The van der Waals surface area contributed by atoms with Crippen molar-refractivity contribution in [3.63, 3.8) is 0 Å². The smallest absolute Gasteiger partial charge is 0.134 e. The van der Waals surface area contributed by atoms with Crippen LogP contribution >= 0.6 is 0 Å². The number of hydrogen-bond donors (Lipinski definition) is 2. The third-order valence-corrected chi connectivity index (χ3v) is 5.12. The Balaban J connectivity index is 1.87. The van der Waals surface area contributed by atoms with E-state index < -0.39 is 0 Å². The highest BCUT2D eigenvalue weighted by Crippen LogP contribution is 2.37. The number of fused-ring (bicyclic) bond motifs is 1. The van der Waals surface area contributed by atoms with Crippen molar-refractivity contribution < 1.29 is 4.42 Å². The Morgan fingerprint density at radius 1 is 0.966 bits per heavy atom. The first-order chi connectivity index (χ1) is 14.2. The van der Waals surface area contributed by atoms with Crippen molar-refractivity contribution in [1.82, 2.24) is 5.32 Å². The summed E-state index contributed by atoms with van der Waals surface area (Å²) in [5.41, 5.74) is 13.9. The van der Waals surface area contributed by atoms with E-state index in [1.807, 2.05) is 30.5 Å². The summed E-state index contributed by atoms with van der Waals surface area (Å²) in [7, 11) is 0. The minimum Gasteiger partial charge on any atom is -0.464 e. The number of aryl methyl sites for hydroxylation is 1. The maximum atomic E-state index is 9.13. The lowest BCUT2D eigenvalue weighted by atomic mass is 9.92. The van der Waals surface area contributed by atoms with Gasteiger partial charge in [0.15, 0.2) is 0 Å². The summed E-state index contributed by atoms with van der Waals surface area (Å²) in [6.07, 6.45) is 1.82. The molecule has 0 saturated carbocycles. The van der Waals surface area contributed by atoms with Crippen LogP contribution in [0.15, 0.2) is 71.3 Å². The maximum absolute atomic E-state index is 9.13. The van der Waals surface area contributed by atoms with Crippen LogP contribution in [0.1, 0.15) is 16.7 Å². The number of rotatable bonds is 6. The topological polar surface area (TPSA) is 75.0 Å². The van der Waals surface area contributed by atoms with Gasteiger partial charge in [-0.3, -0.25) is 0 Å². The zero-order chi connectivity index (χ0) is 20.2. The first-order valence-electron chi connectivity index (χ1n) is 9.72. The molecule has 4 nitrogen and oxygen atoms in total. The highest BCUT2D eigenvalue weighted by molar-refractivity contribution is 5.95. The van der Waals surface area contributed by atoms with Crippen molar-refractivity contribution in [2.75, 3.05) is 13.1 Å². The third-order valence-electron chi connectivity index (χ3n) is 5.12. The molecule has 0 fully saturated rings. The average molecular weight is 381 g/mol. The zero-order valence-electron chi connectivity index (χ0n) is 16.4. The molecule has 0 aliphatic carbocycles. The van der Waals surface area contributed by atoms with E-state index in [1.165, 1.54) is 5.56 Å².